The Kier molecular flexibility index (Phi) is 5.19. The number of benzene rings is 1. The van der Waals surface area contributed by atoms with Crippen LogP contribution >= 0.6 is 0 Å². The quantitative estimate of drug-likeness (QED) is 0.482. The Morgan fingerprint density at radius 3 is 2.25 bits per heavy atom. The summed E-state index contributed by atoms with van der Waals surface area (Å²) in [7, 11) is 32.0. The van der Waals surface area contributed by atoms with E-state index in [1.54, 1.807) is 0 Å². The van der Waals surface area contributed by atoms with Crippen LogP contribution in [-0.2, 0) is 7.05 Å². The Bertz CT molecular complexity index is 738. The van der Waals surface area contributed by atoms with Gasteiger partial charge < -0.3 is 0 Å². The lowest BCUT2D eigenvalue weighted by Crippen LogP contribution is -2.64. The molecule has 0 bridgehead atoms. The second-order valence-corrected chi connectivity index (χ2v) is 7.15. The molecule has 11 heteroatoms. The van der Waals surface area contributed by atoms with Gasteiger partial charge in [-0.2, -0.15) is 4.57 Å². The maximum absolute atomic E-state index is 6.22. The van der Waals surface area contributed by atoms with E-state index in [2.05, 4.69) is 54.9 Å². The van der Waals surface area contributed by atoms with Crippen LogP contribution in [0, 0.1) is 0 Å². The highest BCUT2D eigenvalue weighted by Gasteiger charge is 2.59. The van der Waals surface area contributed by atoms with Crippen molar-refractivity contribution < 1.29 is 4.57 Å². The van der Waals surface area contributed by atoms with Crippen molar-refractivity contribution >= 4 is 81.7 Å². The molecule has 0 N–H and O–H groups in total. The molecular weight excluding hydrogens is 278 g/mol. The number of hydrogen-bond acceptors (Lipinski definition) is 0. The van der Waals surface area contributed by atoms with Gasteiger partial charge in [-0.15, -0.1) is 0 Å². The maximum Gasteiger partial charge on any atom is 0.212 e. The molecule has 0 aliphatic carbocycles. The Balaban J connectivity index is 1.95. The topological polar surface area (TPSA) is 3.88 Å². The van der Waals surface area contributed by atoms with Crippen molar-refractivity contribution in [1.29, 1.82) is 0 Å². The molecule has 24 heavy (non-hydrogen) atoms. The van der Waals surface area contributed by atoms with Crippen LogP contribution in [0.5, 0.6) is 0 Å². The highest BCUT2D eigenvalue weighted by atomic mass is 14.9. The van der Waals surface area contributed by atoms with Gasteiger partial charge in [0.2, 0.25) is 5.52 Å². The van der Waals surface area contributed by atoms with E-state index >= 15 is 0 Å². The van der Waals surface area contributed by atoms with E-state index in [0.29, 0.717) is 18.2 Å². The van der Waals surface area contributed by atoms with Crippen molar-refractivity contribution in [2.75, 3.05) is 0 Å². The molecular formula is C13H14B10N+. The van der Waals surface area contributed by atoms with E-state index in [-0.39, 0.29) is 6.39 Å². The molecule has 0 spiro atoms. The molecule has 1 unspecified atom stereocenters. The van der Waals surface area contributed by atoms with Crippen LogP contribution in [-0.4, -0.2) is 70.8 Å². The summed E-state index contributed by atoms with van der Waals surface area (Å²) in [6.45, 7) is 2.51. The van der Waals surface area contributed by atoms with Crippen LogP contribution in [0.3, 0.4) is 0 Å². The third-order valence-corrected chi connectivity index (χ3v) is 5.69. The van der Waals surface area contributed by atoms with Crippen molar-refractivity contribution in [3.63, 3.8) is 0 Å². The zero-order chi connectivity index (χ0) is 17.6. The lowest BCUT2D eigenvalue weighted by Gasteiger charge is -2.25. The highest BCUT2D eigenvalue weighted by Crippen LogP contribution is 2.51. The largest absolute Gasteiger partial charge is 0.212 e. The zero-order valence-electron chi connectivity index (χ0n) is 14.3. The first-order valence-corrected chi connectivity index (χ1v) is 8.50. The van der Waals surface area contributed by atoms with Crippen LogP contribution in [0.25, 0.3) is 10.9 Å². The van der Waals surface area contributed by atoms with Crippen LogP contribution in [0.1, 0.15) is 18.4 Å². The molecule has 2 atom stereocenters. The molecule has 2 heterocycles. The lowest BCUT2D eigenvalue weighted by molar-refractivity contribution is -0.652. The predicted molar refractivity (Wildman–Crippen MR) is 115 cm³/mol. The number of hydrogen-bond donors (Lipinski definition) is 0. The minimum Gasteiger partial charge on any atom is -0.199 e. The fraction of sp³-hybridized carbons (Fsp3) is 0.308. The van der Waals surface area contributed by atoms with E-state index in [9.17, 15) is 0 Å². The normalized spacial score (nSPS) is 19.2. The highest BCUT2D eigenvalue weighted by molar-refractivity contribution is 8.01. The Hall–Kier alpha value is -0.721. The number of para-hydroxylation sites is 1. The molecule has 3 rings (SSSR count). The lowest BCUT2D eigenvalue weighted by atomic mass is 8.57. The number of aryl methyl sites for hydroxylation is 1. The molecule has 100 valence electrons. The Morgan fingerprint density at radius 1 is 0.958 bits per heavy atom. The first-order chi connectivity index (χ1) is 11.3. The smallest absolute Gasteiger partial charge is 0.199 e. The van der Waals surface area contributed by atoms with Gasteiger partial charge in [0.1, 0.15) is 13.7 Å². The van der Waals surface area contributed by atoms with Crippen LogP contribution in [0.15, 0.2) is 36.4 Å². The summed E-state index contributed by atoms with van der Waals surface area (Å²) in [4.78, 5) is 0. The van der Waals surface area contributed by atoms with E-state index in [1.165, 1.54) is 16.6 Å². The van der Waals surface area contributed by atoms with Crippen molar-refractivity contribution in [2.45, 2.75) is 18.6 Å². The van der Waals surface area contributed by atoms with Crippen molar-refractivity contribution in [3.8, 4) is 0 Å². The second kappa shape index (κ2) is 6.88. The first kappa shape index (κ1) is 18.1. The molecule has 1 nitrogen and oxygen atoms in total. The second-order valence-electron chi connectivity index (χ2n) is 7.15. The van der Waals surface area contributed by atoms with Gasteiger partial charge in [0.05, 0.1) is 0 Å². The van der Waals surface area contributed by atoms with Gasteiger partial charge in [0, 0.05) is 87.6 Å². The fourth-order valence-electron chi connectivity index (χ4n) is 4.27. The van der Waals surface area contributed by atoms with Crippen molar-refractivity contribution in [2.24, 2.45) is 7.05 Å². The minimum atomic E-state index is -0.622. The zero-order valence-corrected chi connectivity index (χ0v) is 14.3. The average Bonchev–Trinajstić information content (AvgIpc) is 3.18. The monoisotopic (exact) mass is 294 g/mol. The molecule has 0 saturated carbocycles. The van der Waals surface area contributed by atoms with Gasteiger partial charge in [-0.1, -0.05) is 24.9 Å². The number of pyridine rings is 1. The summed E-state index contributed by atoms with van der Waals surface area (Å²) in [6.07, 6.45) is -1.66. The van der Waals surface area contributed by atoms with E-state index in [4.69, 9.17) is 38.7 Å². The molecule has 1 aromatic carbocycles. The van der Waals surface area contributed by atoms with Gasteiger partial charge in [-0.3, -0.25) is 0 Å². The SMILES string of the molecule is [B]B([B])B([B])B(B([B])[B])B1C(c2ccc3ccccc3[n+]2C)[C@@H]1C. The average molecular weight is 292 g/mol. The molecule has 1 saturated heterocycles. The molecule has 1 fully saturated rings. The van der Waals surface area contributed by atoms with E-state index in [0.717, 1.165) is 0 Å². The third kappa shape index (κ3) is 3.08. The van der Waals surface area contributed by atoms with E-state index < -0.39 is 19.2 Å². The summed E-state index contributed by atoms with van der Waals surface area (Å²) in [6, 6.07) is 12.7. The Morgan fingerprint density at radius 2 is 1.62 bits per heavy atom. The standard InChI is InChI=1S/C13H14B10N/c1-9-13(19(9)23(21(16)17)22(18)20(14)15)12-8-7-10-5-3-4-6-11(10)24(12)2/h3-9,13H,1-2H3/q+1/t9-,13?/m0/s1. The van der Waals surface area contributed by atoms with Gasteiger partial charge in [-0.25, -0.2) is 0 Å². The summed E-state index contributed by atoms with van der Waals surface area (Å²) in [5, 5.41) is 1.22. The van der Waals surface area contributed by atoms with E-state index in [1.807, 2.05) is 0 Å². The third-order valence-electron chi connectivity index (χ3n) is 5.69. The number of fused-ring (bicyclic) bond motifs is 1. The van der Waals surface area contributed by atoms with Crippen molar-refractivity contribution in [1.82, 2.24) is 0 Å². The number of rotatable bonds is 5. The summed E-state index contributed by atoms with van der Waals surface area (Å²) in [5.74, 6) is 0.811. The van der Waals surface area contributed by atoms with Crippen LogP contribution < -0.4 is 4.57 Å². The van der Waals surface area contributed by atoms with Crippen molar-refractivity contribution in [3.05, 3.63) is 42.1 Å². The fourth-order valence-corrected chi connectivity index (χ4v) is 4.27. The summed E-state index contributed by atoms with van der Waals surface area (Å²) >= 11 is 0. The molecule has 1 aliphatic rings. The van der Waals surface area contributed by atoms with Gasteiger partial charge in [0.15, 0.2) is 5.69 Å². The molecule has 2 aromatic rings. The van der Waals surface area contributed by atoms with Gasteiger partial charge in [0.25, 0.3) is 0 Å². The molecule has 1 aromatic heterocycles. The van der Waals surface area contributed by atoms with Gasteiger partial charge in [-0.05, 0) is 12.1 Å². The number of nitrogens with zero attached hydrogens (tertiary/aromatic N) is 1. The Labute approximate surface area is 154 Å². The van der Waals surface area contributed by atoms with Gasteiger partial charge >= 0.3 is 0 Å². The summed E-state index contributed by atoms with van der Waals surface area (Å²) in [5.41, 5.74) is 2.48. The summed E-state index contributed by atoms with van der Waals surface area (Å²) < 4.78 is 2.25. The molecule has 1 aliphatic heterocycles. The van der Waals surface area contributed by atoms with Crippen LogP contribution in [0.4, 0.5) is 0 Å². The van der Waals surface area contributed by atoms with Crippen LogP contribution in [0.2, 0.25) is 5.82 Å². The minimum absolute atomic E-state index is 0.100. The first-order valence-electron chi connectivity index (χ1n) is 8.50. The predicted octanol–water partition coefficient (Wildman–Crippen LogP) is -1.20. The molecule has 10 radical (unpaired) electrons. The maximum atomic E-state index is 6.22. The molecule has 0 amide bonds. The number of aromatic nitrogens is 1.